The molecule has 0 saturated carbocycles. The number of benzene rings is 7. The monoisotopic (exact) mass is 607 g/mol. The van der Waals surface area contributed by atoms with Crippen molar-refractivity contribution in [3.05, 3.63) is 150 Å². The van der Waals surface area contributed by atoms with Crippen molar-refractivity contribution in [2.24, 2.45) is 0 Å². The second-order valence-corrected chi connectivity index (χ2v) is 14.6. The van der Waals surface area contributed by atoms with Gasteiger partial charge in [0.05, 0.1) is 5.69 Å². The Balaban J connectivity index is 1.26. The summed E-state index contributed by atoms with van der Waals surface area (Å²) in [7, 11) is 0. The van der Waals surface area contributed by atoms with Crippen molar-refractivity contribution in [2.45, 2.75) is 45.4 Å². The third kappa shape index (κ3) is 4.04. The number of rotatable bonds is 3. The van der Waals surface area contributed by atoms with Crippen molar-refractivity contribution in [1.29, 1.82) is 0 Å². The molecule has 47 heavy (non-hydrogen) atoms. The van der Waals surface area contributed by atoms with E-state index in [1.165, 1.54) is 49.4 Å². The van der Waals surface area contributed by atoms with Crippen molar-refractivity contribution in [3.63, 3.8) is 0 Å². The predicted molar refractivity (Wildman–Crippen MR) is 200 cm³/mol. The maximum atomic E-state index is 6.87. The first kappa shape index (κ1) is 27.9. The standard InChI is InChI=1S/C45H37NO/c1-44(2,3)38-19-11-17-36-37-18-12-20-39(43(37)47-42(36)38)46(30-14-7-6-8-15-30)31-23-26-33-29(27-31)22-25-35-34-24-21-28-13-9-10-16-32(28)40(34)45(4,5)41(33)35/h6-27H,1-5H3. The van der Waals surface area contributed by atoms with Crippen molar-refractivity contribution in [1.82, 2.24) is 0 Å². The van der Waals surface area contributed by atoms with E-state index in [1.54, 1.807) is 0 Å². The van der Waals surface area contributed by atoms with Gasteiger partial charge >= 0.3 is 0 Å². The van der Waals surface area contributed by atoms with Crippen LogP contribution in [0, 0.1) is 0 Å². The summed E-state index contributed by atoms with van der Waals surface area (Å²) in [5.41, 5.74) is 11.7. The lowest BCUT2D eigenvalue weighted by Gasteiger charge is -2.27. The van der Waals surface area contributed by atoms with Crippen LogP contribution in [0.2, 0.25) is 0 Å². The van der Waals surface area contributed by atoms with Crippen LogP contribution in [0.4, 0.5) is 17.1 Å². The van der Waals surface area contributed by atoms with Gasteiger partial charge in [0.25, 0.3) is 0 Å². The van der Waals surface area contributed by atoms with Crippen LogP contribution in [0.25, 0.3) is 54.6 Å². The normalized spacial score (nSPS) is 13.8. The lowest BCUT2D eigenvalue weighted by Crippen LogP contribution is -2.16. The number of furan rings is 1. The van der Waals surface area contributed by atoms with E-state index in [4.69, 9.17) is 4.42 Å². The summed E-state index contributed by atoms with van der Waals surface area (Å²) in [5, 5.41) is 7.48. The summed E-state index contributed by atoms with van der Waals surface area (Å²) in [5.74, 6) is 0. The molecule has 1 aromatic heterocycles. The summed E-state index contributed by atoms with van der Waals surface area (Å²) >= 11 is 0. The smallest absolute Gasteiger partial charge is 0.159 e. The van der Waals surface area contributed by atoms with Crippen molar-refractivity contribution >= 4 is 60.5 Å². The molecular formula is C45H37NO. The van der Waals surface area contributed by atoms with Crippen LogP contribution >= 0.6 is 0 Å². The lowest BCUT2D eigenvalue weighted by atomic mass is 9.78. The maximum Gasteiger partial charge on any atom is 0.159 e. The minimum Gasteiger partial charge on any atom is -0.454 e. The van der Waals surface area contributed by atoms with Gasteiger partial charge in [-0.25, -0.2) is 0 Å². The number of anilines is 3. The highest BCUT2D eigenvalue weighted by molar-refractivity contribution is 6.11. The van der Waals surface area contributed by atoms with E-state index in [-0.39, 0.29) is 10.8 Å². The molecule has 1 aliphatic rings. The Hall–Kier alpha value is -5.34. The molecule has 0 bridgehead atoms. The molecule has 0 spiro atoms. The highest BCUT2D eigenvalue weighted by Gasteiger charge is 2.38. The minimum atomic E-state index is -0.129. The number of hydrogen-bond acceptors (Lipinski definition) is 2. The van der Waals surface area contributed by atoms with Crippen LogP contribution in [-0.2, 0) is 10.8 Å². The van der Waals surface area contributed by atoms with E-state index in [2.05, 4.69) is 173 Å². The molecule has 0 N–H and O–H groups in total. The second-order valence-electron chi connectivity index (χ2n) is 14.6. The highest BCUT2D eigenvalue weighted by Crippen LogP contribution is 2.54. The fourth-order valence-electron chi connectivity index (χ4n) is 8.22. The summed E-state index contributed by atoms with van der Waals surface area (Å²) in [6, 6.07) is 48.7. The fraction of sp³-hybridized carbons (Fsp3) is 0.156. The first-order chi connectivity index (χ1) is 22.7. The van der Waals surface area contributed by atoms with Crippen LogP contribution in [0.5, 0.6) is 0 Å². The van der Waals surface area contributed by atoms with Crippen LogP contribution < -0.4 is 4.90 Å². The molecule has 2 heteroatoms. The van der Waals surface area contributed by atoms with Crippen molar-refractivity contribution in [3.8, 4) is 11.1 Å². The lowest BCUT2D eigenvalue weighted by molar-refractivity contribution is 0.573. The van der Waals surface area contributed by atoms with Crippen LogP contribution in [0.1, 0.15) is 51.3 Å². The molecule has 228 valence electrons. The SMILES string of the molecule is CC(C)(C)c1cccc2c1oc1c(N(c3ccccc3)c3ccc4c5c(ccc4c3)-c3ccc4ccccc4c3C5(C)C)cccc12. The fourth-order valence-corrected chi connectivity index (χ4v) is 8.22. The van der Waals surface area contributed by atoms with Gasteiger partial charge in [0.15, 0.2) is 5.58 Å². The van der Waals surface area contributed by atoms with Crippen molar-refractivity contribution in [2.75, 3.05) is 4.90 Å². The molecule has 2 nitrogen and oxygen atoms in total. The van der Waals surface area contributed by atoms with Gasteiger partial charge in [-0.1, -0.05) is 138 Å². The molecular weight excluding hydrogens is 571 g/mol. The van der Waals surface area contributed by atoms with Gasteiger partial charge < -0.3 is 9.32 Å². The van der Waals surface area contributed by atoms with E-state index in [9.17, 15) is 0 Å². The zero-order valence-corrected chi connectivity index (χ0v) is 27.6. The van der Waals surface area contributed by atoms with Crippen LogP contribution in [0.3, 0.4) is 0 Å². The molecule has 0 atom stereocenters. The molecule has 0 fully saturated rings. The summed E-state index contributed by atoms with van der Waals surface area (Å²) in [4.78, 5) is 2.35. The van der Waals surface area contributed by atoms with Gasteiger partial charge in [-0.3, -0.25) is 0 Å². The van der Waals surface area contributed by atoms with Crippen LogP contribution in [-0.4, -0.2) is 0 Å². The summed E-state index contributed by atoms with van der Waals surface area (Å²) in [6.07, 6.45) is 0. The van der Waals surface area contributed by atoms with E-state index in [0.717, 1.165) is 39.0 Å². The Bertz CT molecular complexity index is 2530. The first-order valence-corrected chi connectivity index (χ1v) is 16.6. The van der Waals surface area contributed by atoms with Gasteiger partial charge in [-0.15, -0.1) is 0 Å². The Morgan fingerprint density at radius 1 is 0.511 bits per heavy atom. The van der Waals surface area contributed by atoms with Gasteiger partial charge in [0.2, 0.25) is 0 Å². The Morgan fingerprint density at radius 3 is 1.87 bits per heavy atom. The average molecular weight is 608 g/mol. The predicted octanol–water partition coefficient (Wildman–Crippen LogP) is 13.0. The molecule has 0 saturated heterocycles. The summed E-state index contributed by atoms with van der Waals surface area (Å²) < 4.78 is 6.87. The number of nitrogens with zero attached hydrogens (tertiary/aromatic N) is 1. The zero-order chi connectivity index (χ0) is 32.1. The molecule has 1 aliphatic carbocycles. The minimum absolute atomic E-state index is 0.0367. The van der Waals surface area contributed by atoms with Gasteiger partial charge in [0, 0.05) is 33.1 Å². The molecule has 1 heterocycles. The zero-order valence-electron chi connectivity index (χ0n) is 27.6. The molecule has 0 aliphatic heterocycles. The maximum absolute atomic E-state index is 6.87. The van der Waals surface area contributed by atoms with Gasteiger partial charge in [-0.2, -0.15) is 0 Å². The number of para-hydroxylation sites is 3. The van der Waals surface area contributed by atoms with Gasteiger partial charge in [0.1, 0.15) is 5.58 Å². The first-order valence-electron chi connectivity index (χ1n) is 16.6. The number of hydrogen-bond donors (Lipinski definition) is 0. The molecule has 0 amide bonds. The molecule has 9 rings (SSSR count). The average Bonchev–Trinajstić information content (AvgIpc) is 3.58. The Labute approximate surface area is 275 Å². The second kappa shape index (κ2) is 9.83. The van der Waals surface area contributed by atoms with Crippen LogP contribution in [0.15, 0.2) is 138 Å². The van der Waals surface area contributed by atoms with E-state index < -0.39 is 0 Å². The van der Waals surface area contributed by atoms with E-state index in [0.29, 0.717) is 0 Å². The van der Waals surface area contributed by atoms with Gasteiger partial charge in [-0.05, 0) is 79.5 Å². The van der Waals surface area contributed by atoms with E-state index >= 15 is 0 Å². The van der Waals surface area contributed by atoms with Crippen molar-refractivity contribution < 1.29 is 4.42 Å². The molecule has 0 radical (unpaired) electrons. The molecule has 7 aromatic carbocycles. The Kier molecular flexibility index (Phi) is 5.84. The third-order valence-electron chi connectivity index (χ3n) is 10.3. The largest absolute Gasteiger partial charge is 0.454 e. The molecule has 0 unspecified atom stereocenters. The highest BCUT2D eigenvalue weighted by atomic mass is 16.3. The number of fused-ring (bicyclic) bond motifs is 10. The quantitative estimate of drug-likeness (QED) is 0.199. The third-order valence-corrected chi connectivity index (χ3v) is 10.3. The topological polar surface area (TPSA) is 16.4 Å². The van der Waals surface area contributed by atoms with E-state index in [1.807, 2.05) is 0 Å². The summed E-state index contributed by atoms with van der Waals surface area (Å²) in [6.45, 7) is 11.5. The molecule has 8 aromatic rings. The Morgan fingerprint density at radius 2 is 1.13 bits per heavy atom.